The molecular formula is C50H55F2IN8O3. The SMILES string of the molecule is NCc1cccc(-c2ncc[nH]2)c1.O=C1CC2(CCN(C(=O)NCc3cccc(-c4ncc[nH]4)c3)CC2)Cc2ccc(F)cc21.O=C1CC2(CCNCC2)Cc2ccc(F)cc21.[2H]CI. The molecule has 0 radical (unpaired) electrons. The van der Waals surface area contributed by atoms with E-state index in [-0.39, 0.29) is 40.1 Å². The largest absolute Gasteiger partial charge is 0.345 e. The maximum absolute atomic E-state index is 13.5. The number of hydrogen-bond donors (Lipinski definition) is 5. The highest BCUT2D eigenvalue weighted by Crippen LogP contribution is 2.44. The van der Waals surface area contributed by atoms with E-state index in [1.165, 1.54) is 24.3 Å². The molecule has 6 aromatic rings. The van der Waals surface area contributed by atoms with E-state index in [2.05, 4.69) is 30.6 Å². The summed E-state index contributed by atoms with van der Waals surface area (Å²) in [5.41, 5.74) is 12.8. The Balaban J connectivity index is 0.000000159. The number of ketones is 2. The van der Waals surface area contributed by atoms with Crippen LogP contribution in [0.15, 0.2) is 110 Å². The summed E-state index contributed by atoms with van der Waals surface area (Å²) in [6.45, 7) is 4.21. The van der Waals surface area contributed by atoms with Crippen molar-refractivity contribution in [3.05, 3.63) is 155 Å². The Bertz CT molecular complexity index is 2540. The number of amides is 2. The van der Waals surface area contributed by atoms with Gasteiger partial charge >= 0.3 is 6.03 Å². The number of benzene rings is 4. The molecule has 6 N–H and O–H groups in total. The molecule has 4 heterocycles. The number of carbonyl (C=O) groups excluding carboxylic acids is 3. The van der Waals surface area contributed by atoms with Crippen LogP contribution in [0, 0.1) is 22.5 Å². The van der Waals surface area contributed by atoms with Crippen molar-refractivity contribution in [3.8, 4) is 22.8 Å². The van der Waals surface area contributed by atoms with Gasteiger partial charge < -0.3 is 31.2 Å². The maximum atomic E-state index is 13.5. The molecule has 14 heteroatoms. The Hall–Kier alpha value is -5.58. The normalized spacial score (nSPS) is 17.0. The van der Waals surface area contributed by atoms with Crippen molar-refractivity contribution in [2.45, 2.75) is 64.5 Å². The van der Waals surface area contributed by atoms with E-state index in [9.17, 15) is 23.2 Å². The summed E-state index contributed by atoms with van der Waals surface area (Å²) in [6.07, 6.45) is 13.4. The van der Waals surface area contributed by atoms with Crippen molar-refractivity contribution in [2.24, 2.45) is 16.6 Å². The fourth-order valence-electron chi connectivity index (χ4n) is 9.39. The van der Waals surface area contributed by atoms with Gasteiger partial charge in [-0.05, 0) is 126 Å². The van der Waals surface area contributed by atoms with Gasteiger partial charge in [0.2, 0.25) is 0 Å². The predicted molar refractivity (Wildman–Crippen MR) is 254 cm³/mol. The minimum atomic E-state index is -0.366. The van der Waals surface area contributed by atoms with Crippen LogP contribution in [0.2, 0.25) is 0 Å². The van der Waals surface area contributed by atoms with Crippen LogP contribution in [0.4, 0.5) is 13.6 Å². The molecule has 2 aliphatic carbocycles. The lowest BCUT2D eigenvalue weighted by atomic mass is 9.66. The Morgan fingerprint density at radius 1 is 0.750 bits per heavy atom. The van der Waals surface area contributed by atoms with Gasteiger partial charge in [0, 0.05) is 87.4 Å². The highest BCUT2D eigenvalue weighted by Gasteiger charge is 2.42. The zero-order valence-electron chi connectivity index (χ0n) is 36.8. The van der Waals surface area contributed by atoms with Gasteiger partial charge in [-0.2, -0.15) is 0 Å². The van der Waals surface area contributed by atoms with E-state index in [1.807, 2.05) is 82.2 Å². The first kappa shape index (κ1) is 45.0. The van der Waals surface area contributed by atoms with Crippen molar-refractivity contribution in [2.75, 3.05) is 31.1 Å². The standard InChI is InChI=1S/C25H25FN4O2.C14H16FNO.C10H11N3.CH3I/c26-20-5-4-19-14-25(15-22(31)21(19)13-20)6-10-30(11-7-25)24(32)29-16-17-2-1-3-18(12-17)23-27-8-9-28-23;15-11-2-1-10-8-14(3-5-16-6-4-14)9-13(17)12(10)7-11;11-7-8-2-1-3-9(6-8)10-12-4-5-13-10;1-2/h1-5,8-9,12-13H,6-7,10-11,14-16H2,(H,27,28)(H,29,32);1-2,7,16H,3-6,8-9H2;1-6H,7,11H2,(H,12,13);1H3/i;;;1D. The van der Waals surface area contributed by atoms with Crippen LogP contribution in [0.5, 0.6) is 0 Å². The minimum Gasteiger partial charge on any atom is -0.345 e. The molecule has 11 nitrogen and oxygen atoms in total. The third-order valence-corrected chi connectivity index (χ3v) is 12.8. The lowest BCUT2D eigenvalue weighted by Crippen LogP contribution is -2.49. The average Bonchev–Trinajstić information content (AvgIpc) is 4.07. The van der Waals surface area contributed by atoms with Crippen LogP contribution >= 0.6 is 22.6 Å². The van der Waals surface area contributed by atoms with Gasteiger partial charge in [-0.15, -0.1) is 0 Å². The molecule has 334 valence electrons. The molecule has 4 aromatic carbocycles. The van der Waals surface area contributed by atoms with Gasteiger partial charge in [0.05, 0.1) is 0 Å². The number of H-pyrrole nitrogens is 2. The van der Waals surface area contributed by atoms with Gasteiger partial charge in [0.1, 0.15) is 23.3 Å². The number of carbonyl (C=O) groups is 3. The third-order valence-electron chi connectivity index (χ3n) is 12.8. The van der Waals surface area contributed by atoms with E-state index in [4.69, 9.17) is 7.10 Å². The number of Topliss-reactive ketones (excluding diaryl/α,β-unsaturated/α-hetero) is 2. The summed E-state index contributed by atoms with van der Waals surface area (Å²) in [4.78, 5) is 54.4. The lowest BCUT2D eigenvalue weighted by molar-refractivity contribution is 0.0734. The van der Waals surface area contributed by atoms with Crippen LogP contribution in [-0.4, -0.2) is 73.5 Å². The lowest BCUT2D eigenvalue weighted by Gasteiger charge is -2.44. The summed E-state index contributed by atoms with van der Waals surface area (Å²) in [7, 11) is 0. The monoisotopic (exact) mass is 981 g/mol. The zero-order valence-corrected chi connectivity index (χ0v) is 37.9. The number of fused-ring (bicyclic) bond motifs is 2. The number of aromatic nitrogens is 4. The van der Waals surface area contributed by atoms with Crippen LogP contribution in [0.1, 0.15) is 82.9 Å². The molecule has 2 fully saturated rings. The number of alkyl halides is 1. The molecular weight excluding hydrogens is 926 g/mol. The summed E-state index contributed by atoms with van der Waals surface area (Å²) >= 11 is 1.96. The first-order valence-electron chi connectivity index (χ1n) is 22.3. The molecule has 2 aliphatic heterocycles. The van der Waals surface area contributed by atoms with Crippen LogP contribution in [0.25, 0.3) is 22.8 Å². The molecule has 2 aromatic heterocycles. The average molecular weight is 982 g/mol. The summed E-state index contributed by atoms with van der Waals surface area (Å²) in [5, 5.41) is 6.34. The van der Waals surface area contributed by atoms with Crippen molar-refractivity contribution in [1.29, 1.82) is 0 Å². The number of urea groups is 1. The number of piperidine rings is 2. The smallest absolute Gasteiger partial charge is 0.317 e. The van der Waals surface area contributed by atoms with Crippen LogP contribution in [-0.2, 0) is 25.9 Å². The number of halogens is 3. The fourth-order valence-corrected chi connectivity index (χ4v) is 9.39. The van der Waals surface area contributed by atoms with E-state index in [0.29, 0.717) is 55.1 Å². The topological polar surface area (TPSA) is 162 Å². The second-order valence-electron chi connectivity index (χ2n) is 17.0. The number of nitrogens with zero attached hydrogens (tertiary/aromatic N) is 3. The Labute approximate surface area is 388 Å². The molecule has 0 bridgehead atoms. The van der Waals surface area contributed by atoms with Gasteiger partial charge in [0.25, 0.3) is 0 Å². The van der Waals surface area contributed by atoms with Crippen molar-refractivity contribution >= 4 is 40.2 Å². The number of rotatable bonds is 5. The van der Waals surface area contributed by atoms with Crippen LogP contribution in [0.3, 0.4) is 0 Å². The maximum Gasteiger partial charge on any atom is 0.317 e. The number of nitrogens with two attached hydrogens (primary N) is 1. The van der Waals surface area contributed by atoms with Gasteiger partial charge in [-0.1, -0.05) is 71.1 Å². The molecule has 64 heavy (non-hydrogen) atoms. The van der Waals surface area contributed by atoms with E-state index in [1.54, 1.807) is 30.7 Å². The number of imidazole rings is 2. The quantitative estimate of drug-likeness (QED) is 0.0850. The Kier molecular flexibility index (Phi) is 15.0. The van der Waals surface area contributed by atoms with E-state index < -0.39 is 0 Å². The molecule has 0 saturated carbocycles. The second kappa shape index (κ2) is 21.4. The van der Waals surface area contributed by atoms with Gasteiger partial charge in [-0.3, -0.25) is 9.59 Å². The first-order valence-corrected chi connectivity index (χ1v) is 23.1. The third kappa shape index (κ3) is 11.4. The number of nitrogens with one attached hydrogen (secondary N) is 4. The molecule has 0 atom stereocenters. The van der Waals surface area contributed by atoms with Crippen molar-refractivity contribution in [1.82, 2.24) is 35.5 Å². The molecule has 2 amide bonds. The molecule has 2 saturated heterocycles. The molecule has 2 spiro atoms. The van der Waals surface area contributed by atoms with Gasteiger partial charge in [-0.25, -0.2) is 23.5 Å². The summed E-state index contributed by atoms with van der Waals surface area (Å²) in [5.74, 6) is 1.14. The Morgan fingerprint density at radius 3 is 1.75 bits per heavy atom. The van der Waals surface area contributed by atoms with Gasteiger partial charge in [0.15, 0.2) is 11.6 Å². The fraction of sp³-hybridized carbons (Fsp3) is 0.340. The van der Waals surface area contributed by atoms with Crippen molar-refractivity contribution in [3.63, 3.8) is 0 Å². The second-order valence-corrected chi connectivity index (χ2v) is 17.0. The minimum absolute atomic E-state index is 0.0140. The summed E-state index contributed by atoms with van der Waals surface area (Å²) < 4.78 is 32.9. The molecule has 0 unspecified atom stereocenters. The first-order chi connectivity index (χ1) is 31.5. The number of aromatic amines is 2. The number of hydrogen-bond acceptors (Lipinski definition) is 7. The Morgan fingerprint density at radius 2 is 1.25 bits per heavy atom. The summed E-state index contributed by atoms with van der Waals surface area (Å²) in [6, 6.07) is 25.0. The predicted octanol–water partition coefficient (Wildman–Crippen LogP) is 9.25. The molecule has 4 aliphatic rings. The van der Waals surface area contributed by atoms with E-state index >= 15 is 0 Å². The number of likely N-dealkylation sites (tertiary alicyclic amines) is 1. The molecule has 10 rings (SSSR count). The zero-order chi connectivity index (χ0) is 45.8. The van der Waals surface area contributed by atoms with E-state index in [0.717, 1.165) is 96.6 Å². The highest BCUT2D eigenvalue weighted by atomic mass is 127. The highest BCUT2D eigenvalue weighted by molar-refractivity contribution is 14.1. The van der Waals surface area contributed by atoms with Crippen LogP contribution < -0.4 is 16.4 Å². The van der Waals surface area contributed by atoms with Crippen molar-refractivity contribution < 1.29 is 24.5 Å².